The third-order valence-electron chi connectivity index (χ3n) is 5.75. The van der Waals surface area contributed by atoms with E-state index in [0.29, 0.717) is 15.2 Å². The highest BCUT2D eigenvalue weighted by molar-refractivity contribution is 9.10. The maximum atomic E-state index is 12.6. The van der Waals surface area contributed by atoms with Crippen LogP contribution in [0.1, 0.15) is 12.0 Å². The van der Waals surface area contributed by atoms with Crippen molar-refractivity contribution in [1.29, 1.82) is 0 Å². The minimum atomic E-state index is -0.798. The summed E-state index contributed by atoms with van der Waals surface area (Å²) >= 11 is 9.33. The Morgan fingerprint density at radius 2 is 1.83 bits per heavy atom. The summed E-state index contributed by atoms with van der Waals surface area (Å²) in [6.07, 6.45) is 4.80. The SMILES string of the molecule is Cc1cc(Br)c(Cl)cc1NC(=O)COC(=O)CN1C(=O)[C@@H]2[C@H](C1=O)[C@H]1C=C[C@H]2C1. The van der Waals surface area contributed by atoms with Crippen LogP contribution in [0.15, 0.2) is 28.8 Å². The van der Waals surface area contributed by atoms with Crippen LogP contribution in [-0.2, 0) is 23.9 Å². The third-order valence-corrected chi connectivity index (χ3v) is 6.95. The molecular formula is C20H18BrClN2O5. The van der Waals surface area contributed by atoms with Gasteiger partial charge in [0.25, 0.3) is 5.91 Å². The number of amides is 3. The van der Waals surface area contributed by atoms with Crippen molar-refractivity contribution in [3.8, 4) is 0 Å². The maximum Gasteiger partial charge on any atom is 0.326 e. The number of anilines is 1. The fraction of sp³-hybridized carbons (Fsp3) is 0.400. The van der Waals surface area contributed by atoms with Gasteiger partial charge in [-0.15, -0.1) is 0 Å². The van der Waals surface area contributed by atoms with Crippen molar-refractivity contribution < 1.29 is 23.9 Å². The Morgan fingerprint density at radius 3 is 2.45 bits per heavy atom. The summed E-state index contributed by atoms with van der Waals surface area (Å²) < 4.78 is 5.67. The minimum Gasteiger partial charge on any atom is -0.454 e. The van der Waals surface area contributed by atoms with E-state index < -0.39 is 25.0 Å². The van der Waals surface area contributed by atoms with Gasteiger partial charge >= 0.3 is 5.97 Å². The van der Waals surface area contributed by atoms with Crippen LogP contribution in [0, 0.1) is 30.6 Å². The summed E-state index contributed by atoms with van der Waals surface area (Å²) in [7, 11) is 0. The van der Waals surface area contributed by atoms with E-state index in [1.54, 1.807) is 19.1 Å². The highest BCUT2D eigenvalue weighted by Crippen LogP contribution is 2.52. The molecule has 2 bridgehead atoms. The number of ether oxygens (including phenoxy) is 1. The number of allylic oxidation sites excluding steroid dienone is 2. The van der Waals surface area contributed by atoms with Crippen LogP contribution in [0.3, 0.4) is 0 Å². The number of fused-ring (bicyclic) bond motifs is 5. The van der Waals surface area contributed by atoms with E-state index in [-0.39, 0.29) is 35.5 Å². The molecule has 3 aliphatic rings. The van der Waals surface area contributed by atoms with Crippen LogP contribution < -0.4 is 5.32 Å². The highest BCUT2D eigenvalue weighted by Gasteiger charge is 2.59. The monoisotopic (exact) mass is 480 g/mol. The van der Waals surface area contributed by atoms with Crippen molar-refractivity contribution >= 4 is 56.9 Å². The molecule has 1 saturated heterocycles. The zero-order valence-electron chi connectivity index (χ0n) is 15.5. The number of imide groups is 1. The van der Waals surface area contributed by atoms with E-state index >= 15 is 0 Å². The lowest BCUT2D eigenvalue weighted by atomic mass is 9.85. The van der Waals surface area contributed by atoms with Crippen LogP contribution >= 0.6 is 27.5 Å². The molecule has 29 heavy (non-hydrogen) atoms. The van der Waals surface area contributed by atoms with Crippen molar-refractivity contribution in [3.63, 3.8) is 0 Å². The van der Waals surface area contributed by atoms with Gasteiger partial charge in [0.2, 0.25) is 11.8 Å². The number of benzene rings is 1. The van der Waals surface area contributed by atoms with E-state index in [2.05, 4.69) is 21.2 Å². The molecular weight excluding hydrogens is 464 g/mol. The van der Waals surface area contributed by atoms with Gasteiger partial charge in [-0.25, -0.2) is 0 Å². The third kappa shape index (κ3) is 3.59. The Labute approximate surface area is 180 Å². The molecule has 1 aromatic carbocycles. The Hall–Kier alpha value is -2.19. The van der Waals surface area contributed by atoms with E-state index in [1.807, 2.05) is 12.2 Å². The van der Waals surface area contributed by atoms with Gasteiger partial charge in [-0.3, -0.25) is 24.1 Å². The molecule has 4 atom stereocenters. The number of halogens is 2. The van der Waals surface area contributed by atoms with Gasteiger partial charge in [0.05, 0.1) is 16.9 Å². The molecule has 2 aliphatic carbocycles. The molecule has 0 aromatic heterocycles. The number of aryl methyl sites for hydroxylation is 1. The lowest BCUT2D eigenvalue weighted by Crippen LogP contribution is -2.38. The number of hydrogen-bond donors (Lipinski definition) is 1. The number of esters is 1. The van der Waals surface area contributed by atoms with Gasteiger partial charge in [-0.1, -0.05) is 23.8 Å². The van der Waals surface area contributed by atoms with Crippen molar-refractivity contribution in [2.75, 3.05) is 18.5 Å². The number of nitrogens with zero attached hydrogens (tertiary/aromatic N) is 1. The summed E-state index contributed by atoms with van der Waals surface area (Å²) in [6, 6.07) is 3.34. The van der Waals surface area contributed by atoms with Crippen LogP contribution in [0.25, 0.3) is 0 Å². The first-order valence-corrected chi connectivity index (χ1v) is 10.4. The average molecular weight is 482 g/mol. The molecule has 1 aromatic rings. The lowest BCUT2D eigenvalue weighted by molar-refractivity contribution is -0.154. The van der Waals surface area contributed by atoms with Crippen molar-refractivity contribution in [3.05, 3.63) is 39.3 Å². The fourth-order valence-corrected chi connectivity index (χ4v) is 5.03. The van der Waals surface area contributed by atoms with Gasteiger partial charge in [0, 0.05) is 10.2 Å². The number of carbonyl (C=O) groups excluding carboxylic acids is 4. The van der Waals surface area contributed by atoms with Crippen LogP contribution in [0.4, 0.5) is 5.69 Å². The molecule has 3 amide bonds. The fourth-order valence-electron chi connectivity index (χ4n) is 4.41. The second-order valence-corrected chi connectivity index (χ2v) is 8.81. The summed E-state index contributed by atoms with van der Waals surface area (Å²) in [5.41, 5.74) is 1.28. The molecule has 1 aliphatic heterocycles. The minimum absolute atomic E-state index is 0.0780. The van der Waals surface area contributed by atoms with E-state index in [0.717, 1.165) is 16.9 Å². The van der Waals surface area contributed by atoms with Crippen molar-refractivity contribution in [2.45, 2.75) is 13.3 Å². The molecule has 9 heteroatoms. The molecule has 1 heterocycles. The Kier molecular flexibility index (Phi) is 5.25. The Morgan fingerprint density at radius 1 is 1.21 bits per heavy atom. The molecule has 152 valence electrons. The Bertz CT molecular complexity index is 932. The first-order valence-electron chi connectivity index (χ1n) is 9.21. The zero-order valence-corrected chi connectivity index (χ0v) is 17.8. The molecule has 0 radical (unpaired) electrons. The van der Waals surface area contributed by atoms with E-state index in [1.165, 1.54) is 0 Å². The number of nitrogens with one attached hydrogen (secondary N) is 1. The molecule has 1 N–H and O–H groups in total. The predicted molar refractivity (Wildman–Crippen MR) is 108 cm³/mol. The average Bonchev–Trinajstić information content (AvgIpc) is 3.34. The quantitative estimate of drug-likeness (QED) is 0.397. The topological polar surface area (TPSA) is 92.8 Å². The number of carbonyl (C=O) groups is 4. The molecule has 2 fully saturated rings. The van der Waals surface area contributed by atoms with Gasteiger partial charge in [0.1, 0.15) is 6.54 Å². The number of rotatable bonds is 5. The molecule has 0 spiro atoms. The maximum absolute atomic E-state index is 12.6. The smallest absolute Gasteiger partial charge is 0.326 e. The highest BCUT2D eigenvalue weighted by atomic mass is 79.9. The first kappa shape index (κ1) is 20.1. The van der Waals surface area contributed by atoms with E-state index in [4.69, 9.17) is 16.3 Å². The van der Waals surface area contributed by atoms with E-state index in [9.17, 15) is 19.2 Å². The zero-order chi connectivity index (χ0) is 20.9. The molecule has 0 unspecified atom stereocenters. The first-order chi connectivity index (χ1) is 13.8. The predicted octanol–water partition coefficient (Wildman–Crippen LogP) is 2.70. The van der Waals surface area contributed by atoms with Crippen molar-refractivity contribution in [2.24, 2.45) is 23.7 Å². The largest absolute Gasteiger partial charge is 0.454 e. The molecule has 4 rings (SSSR count). The van der Waals surface area contributed by atoms with Gasteiger partial charge in [-0.2, -0.15) is 0 Å². The van der Waals surface area contributed by atoms with Crippen LogP contribution in [-0.4, -0.2) is 41.7 Å². The summed E-state index contributed by atoms with van der Waals surface area (Å²) in [4.78, 5) is 50.3. The second-order valence-electron chi connectivity index (χ2n) is 7.55. The standard InChI is InChI=1S/C20H18BrClN2O5/c1-9-4-12(21)13(22)6-14(9)23-15(25)8-29-16(26)7-24-19(27)17-10-2-3-11(5-10)18(17)20(24)28/h2-4,6,10-11,17-18H,5,7-8H2,1H3,(H,23,25)/t10-,11-,17-,18+/m0/s1. The molecule has 1 saturated carbocycles. The summed E-state index contributed by atoms with van der Waals surface area (Å²) in [5, 5.41) is 3.05. The van der Waals surface area contributed by atoms with Gasteiger partial charge < -0.3 is 10.1 Å². The number of likely N-dealkylation sites (tertiary alicyclic amines) is 1. The summed E-state index contributed by atoms with van der Waals surface area (Å²) in [5.74, 6) is -2.55. The van der Waals surface area contributed by atoms with Gasteiger partial charge in [0.15, 0.2) is 6.61 Å². The van der Waals surface area contributed by atoms with Crippen LogP contribution in [0.5, 0.6) is 0 Å². The molecule has 7 nitrogen and oxygen atoms in total. The van der Waals surface area contributed by atoms with Crippen molar-refractivity contribution in [1.82, 2.24) is 4.90 Å². The summed E-state index contributed by atoms with van der Waals surface area (Å²) in [6.45, 7) is 0.800. The Balaban J connectivity index is 1.31. The number of hydrogen-bond acceptors (Lipinski definition) is 5. The second kappa shape index (κ2) is 7.57. The van der Waals surface area contributed by atoms with Gasteiger partial charge in [-0.05, 0) is 58.8 Å². The normalized spacial score (nSPS) is 26.8. The lowest BCUT2D eigenvalue weighted by Gasteiger charge is -2.16. The van der Waals surface area contributed by atoms with Crippen LogP contribution in [0.2, 0.25) is 5.02 Å².